The molecule has 6 nitrogen and oxygen atoms in total. The van der Waals surface area contributed by atoms with Crippen LogP contribution in [0.25, 0.3) is 5.69 Å². The minimum absolute atomic E-state index is 0.000975. The lowest BCUT2D eigenvalue weighted by molar-refractivity contribution is 0.0606. The Labute approximate surface area is 105 Å². The molecule has 0 spiro atoms. The number of nitrogens with zero attached hydrogens (tertiary/aromatic N) is 3. The summed E-state index contributed by atoms with van der Waals surface area (Å²) in [5.74, 6) is -0.512. The number of hydrogen-bond acceptors (Lipinski definition) is 5. The molecule has 0 N–H and O–H groups in total. The van der Waals surface area contributed by atoms with Crippen molar-refractivity contribution >= 4 is 28.9 Å². The maximum Gasteiger partial charge on any atom is 0.351 e. The normalized spacial score (nSPS) is 10.5. The molecule has 90 valence electrons. The van der Waals surface area contributed by atoms with E-state index in [1.807, 2.05) is 0 Å². The number of esters is 1. The molecule has 0 aromatic carbocycles. The number of aromatic nitrogens is 3. The third kappa shape index (κ3) is 1.87. The Kier molecular flexibility index (Phi) is 3.03. The second-order valence-electron chi connectivity index (χ2n) is 3.14. The van der Waals surface area contributed by atoms with Crippen molar-refractivity contribution in [3.63, 3.8) is 0 Å². The highest BCUT2D eigenvalue weighted by Crippen LogP contribution is 2.22. The average Bonchev–Trinajstić information content (AvgIpc) is 2.84. The molecular weight excluding hydrogens is 266 g/mol. The molecule has 17 heavy (non-hydrogen) atoms. The van der Waals surface area contributed by atoms with Gasteiger partial charge in [-0.15, -0.1) is 16.4 Å². The molecular formula is C9H8ClN3O3S. The first-order chi connectivity index (χ1) is 8.06. The molecule has 0 atom stereocenters. The summed E-state index contributed by atoms with van der Waals surface area (Å²) in [6.45, 7) is 0. The van der Waals surface area contributed by atoms with Gasteiger partial charge in [-0.2, -0.15) is 0 Å². The van der Waals surface area contributed by atoms with E-state index >= 15 is 0 Å². The van der Waals surface area contributed by atoms with Gasteiger partial charge in [0.2, 0.25) is 5.28 Å². The molecule has 0 aliphatic heterocycles. The van der Waals surface area contributed by atoms with E-state index in [2.05, 4.69) is 9.84 Å². The largest absolute Gasteiger partial charge is 0.465 e. The summed E-state index contributed by atoms with van der Waals surface area (Å²) in [5.41, 5.74) is -0.0384. The molecule has 0 unspecified atom stereocenters. The number of halogens is 1. The Balaban J connectivity index is 2.66. The second-order valence-corrected chi connectivity index (χ2v) is 4.39. The van der Waals surface area contributed by atoms with Crippen molar-refractivity contribution in [1.82, 2.24) is 14.3 Å². The van der Waals surface area contributed by atoms with Crippen LogP contribution in [0, 0.1) is 0 Å². The standard InChI is InChI=1S/C9H8ClN3O3S/c1-12-9(15)13(8(10)11-12)5-3-4-17-6(5)7(14)16-2/h3-4H,1-2H3. The molecule has 2 heterocycles. The van der Waals surface area contributed by atoms with Crippen LogP contribution in [0.5, 0.6) is 0 Å². The van der Waals surface area contributed by atoms with E-state index in [0.29, 0.717) is 10.6 Å². The smallest absolute Gasteiger partial charge is 0.351 e. The van der Waals surface area contributed by atoms with Gasteiger partial charge in [0.15, 0.2) is 0 Å². The molecule has 0 aliphatic carbocycles. The van der Waals surface area contributed by atoms with Crippen LogP contribution >= 0.6 is 22.9 Å². The Bertz CT molecular complexity index is 628. The first kappa shape index (κ1) is 11.9. The van der Waals surface area contributed by atoms with Crippen LogP contribution in [0.15, 0.2) is 16.2 Å². The lowest BCUT2D eigenvalue weighted by Gasteiger charge is -2.01. The van der Waals surface area contributed by atoms with Gasteiger partial charge in [-0.3, -0.25) is 0 Å². The molecule has 0 bridgehead atoms. The summed E-state index contributed by atoms with van der Waals surface area (Å²) in [6.07, 6.45) is 0. The third-order valence-electron chi connectivity index (χ3n) is 2.14. The number of rotatable bonds is 2. The molecule has 0 saturated heterocycles. The van der Waals surface area contributed by atoms with Crippen molar-refractivity contribution in [2.75, 3.05) is 7.11 Å². The Morgan fingerprint density at radius 1 is 1.59 bits per heavy atom. The summed E-state index contributed by atoms with van der Waals surface area (Å²) in [4.78, 5) is 23.6. The van der Waals surface area contributed by atoms with Crippen molar-refractivity contribution in [2.45, 2.75) is 0 Å². The molecule has 2 aromatic rings. The lowest BCUT2D eigenvalue weighted by atomic mass is 10.4. The maximum atomic E-state index is 11.8. The first-order valence-electron chi connectivity index (χ1n) is 4.54. The Morgan fingerprint density at radius 3 is 2.82 bits per heavy atom. The van der Waals surface area contributed by atoms with Crippen molar-refractivity contribution in [3.8, 4) is 5.69 Å². The van der Waals surface area contributed by atoms with Gasteiger partial charge in [0, 0.05) is 7.05 Å². The highest BCUT2D eigenvalue weighted by Gasteiger charge is 2.20. The summed E-state index contributed by atoms with van der Waals surface area (Å²) < 4.78 is 6.88. The van der Waals surface area contributed by atoms with E-state index in [1.54, 1.807) is 11.4 Å². The summed E-state index contributed by atoms with van der Waals surface area (Å²) in [6, 6.07) is 1.62. The molecule has 2 rings (SSSR count). The van der Waals surface area contributed by atoms with Crippen LogP contribution in [0.4, 0.5) is 0 Å². The van der Waals surface area contributed by atoms with E-state index in [-0.39, 0.29) is 5.28 Å². The fourth-order valence-corrected chi connectivity index (χ4v) is 2.43. The van der Waals surface area contributed by atoms with Crippen LogP contribution in [-0.4, -0.2) is 27.4 Å². The number of thiophene rings is 1. The lowest BCUT2D eigenvalue weighted by Crippen LogP contribution is -2.22. The highest BCUT2D eigenvalue weighted by atomic mass is 35.5. The average molecular weight is 274 g/mol. The van der Waals surface area contributed by atoms with Crippen LogP contribution in [0.2, 0.25) is 5.28 Å². The summed E-state index contributed by atoms with van der Waals surface area (Å²) >= 11 is 7.02. The highest BCUT2D eigenvalue weighted by molar-refractivity contribution is 7.12. The van der Waals surface area contributed by atoms with Gasteiger partial charge in [-0.1, -0.05) is 0 Å². The monoisotopic (exact) mass is 273 g/mol. The van der Waals surface area contributed by atoms with Crippen molar-refractivity contribution in [1.29, 1.82) is 0 Å². The second kappa shape index (κ2) is 4.34. The Hall–Kier alpha value is -1.60. The van der Waals surface area contributed by atoms with Gasteiger partial charge >= 0.3 is 11.7 Å². The van der Waals surface area contributed by atoms with E-state index < -0.39 is 11.7 Å². The van der Waals surface area contributed by atoms with Crippen LogP contribution in [0.3, 0.4) is 0 Å². The summed E-state index contributed by atoms with van der Waals surface area (Å²) in [7, 11) is 2.76. The van der Waals surface area contributed by atoms with E-state index in [0.717, 1.165) is 9.25 Å². The molecule has 0 saturated carbocycles. The SMILES string of the molecule is COC(=O)c1sccc1-n1c(Cl)nn(C)c1=O. The fourth-order valence-electron chi connectivity index (χ4n) is 1.36. The number of hydrogen-bond donors (Lipinski definition) is 0. The molecule has 0 radical (unpaired) electrons. The molecule has 0 amide bonds. The zero-order valence-corrected chi connectivity index (χ0v) is 10.6. The fraction of sp³-hybridized carbons (Fsp3) is 0.222. The van der Waals surface area contributed by atoms with Crippen LogP contribution in [-0.2, 0) is 11.8 Å². The van der Waals surface area contributed by atoms with Gasteiger partial charge in [0.1, 0.15) is 4.88 Å². The Morgan fingerprint density at radius 2 is 2.29 bits per heavy atom. The molecule has 0 aliphatic rings. The van der Waals surface area contributed by atoms with E-state index in [1.165, 1.54) is 25.5 Å². The number of methoxy groups -OCH3 is 1. The van der Waals surface area contributed by atoms with Crippen LogP contribution in [0.1, 0.15) is 9.67 Å². The number of ether oxygens (including phenoxy) is 1. The van der Waals surface area contributed by atoms with Gasteiger partial charge in [-0.25, -0.2) is 18.8 Å². The van der Waals surface area contributed by atoms with E-state index in [4.69, 9.17) is 11.6 Å². The van der Waals surface area contributed by atoms with Gasteiger partial charge in [-0.05, 0) is 23.0 Å². The van der Waals surface area contributed by atoms with Crippen molar-refractivity contribution in [3.05, 3.63) is 32.1 Å². The molecule has 2 aromatic heterocycles. The minimum atomic E-state index is -0.512. The zero-order valence-electron chi connectivity index (χ0n) is 9.01. The van der Waals surface area contributed by atoms with Gasteiger partial charge in [0.05, 0.1) is 12.8 Å². The summed E-state index contributed by atoms with van der Waals surface area (Å²) in [5, 5.41) is 5.46. The van der Waals surface area contributed by atoms with Crippen molar-refractivity contribution in [2.24, 2.45) is 7.05 Å². The maximum absolute atomic E-state index is 11.8. The molecule has 8 heteroatoms. The quantitative estimate of drug-likeness (QED) is 0.768. The van der Waals surface area contributed by atoms with Gasteiger partial charge < -0.3 is 4.74 Å². The van der Waals surface area contributed by atoms with E-state index in [9.17, 15) is 9.59 Å². The third-order valence-corrected chi connectivity index (χ3v) is 3.27. The topological polar surface area (TPSA) is 66.1 Å². The number of carbonyl (C=O) groups is 1. The van der Waals surface area contributed by atoms with Crippen molar-refractivity contribution < 1.29 is 9.53 Å². The number of aryl methyl sites for hydroxylation is 1. The predicted molar refractivity (Wildman–Crippen MR) is 63.0 cm³/mol. The molecule has 0 fully saturated rings. The van der Waals surface area contributed by atoms with Crippen LogP contribution < -0.4 is 5.69 Å². The number of carbonyl (C=O) groups excluding carboxylic acids is 1. The predicted octanol–water partition coefficient (Wildman–Crippen LogP) is 1.07. The first-order valence-corrected chi connectivity index (χ1v) is 5.79. The zero-order chi connectivity index (χ0) is 12.6. The van der Waals surface area contributed by atoms with Gasteiger partial charge in [0.25, 0.3) is 0 Å². The minimum Gasteiger partial charge on any atom is -0.465 e.